The monoisotopic (exact) mass is 238 g/mol. The first-order chi connectivity index (χ1) is 8.81. The van der Waals surface area contributed by atoms with Crippen LogP contribution in [0, 0.1) is 0 Å². The summed E-state index contributed by atoms with van der Waals surface area (Å²) in [5.41, 5.74) is 5.72. The summed E-state index contributed by atoms with van der Waals surface area (Å²) >= 11 is 0. The van der Waals surface area contributed by atoms with Gasteiger partial charge in [0.1, 0.15) is 0 Å². The van der Waals surface area contributed by atoms with Gasteiger partial charge in [0.25, 0.3) is 0 Å². The Hall–Kier alpha value is -1.56. The van der Waals surface area contributed by atoms with Crippen molar-refractivity contribution in [2.75, 3.05) is 0 Å². The van der Waals surface area contributed by atoms with E-state index >= 15 is 0 Å². The number of hydrogen-bond acceptors (Lipinski definition) is 0. The highest BCUT2D eigenvalue weighted by Gasteiger charge is 1.97. The molecule has 0 bridgehead atoms. The molecule has 18 heavy (non-hydrogen) atoms. The minimum atomic E-state index is 1.12. The van der Waals surface area contributed by atoms with Gasteiger partial charge in [-0.15, -0.1) is 0 Å². The van der Waals surface area contributed by atoms with Crippen LogP contribution in [0.4, 0.5) is 0 Å². The molecule has 0 N–H and O–H groups in total. The van der Waals surface area contributed by atoms with E-state index in [-0.39, 0.29) is 0 Å². The molecule has 0 spiro atoms. The highest BCUT2D eigenvalue weighted by molar-refractivity contribution is 5.26. The van der Waals surface area contributed by atoms with E-state index in [2.05, 4.69) is 62.4 Å². The SMILES string of the molecule is CCc1ccc(CCc2ccc(CC)cc2)cc1. The van der Waals surface area contributed by atoms with Gasteiger partial charge < -0.3 is 0 Å². The molecule has 0 aliphatic carbocycles. The zero-order chi connectivity index (χ0) is 12.8. The van der Waals surface area contributed by atoms with Crippen molar-refractivity contribution in [2.24, 2.45) is 0 Å². The van der Waals surface area contributed by atoms with Gasteiger partial charge in [0.05, 0.1) is 0 Å². The topological polar surface area (TPSA) is 0 Å². The molecule has 0 aliphatic heterocycles. The van der Waals surface area contributed by atoms with Crippen LogP contribution < -0.4 is 0 Å². The Morgan fingerprint density at radius 3 is 1.06 bits per heavy atom. The van der Waals surface area contributed by atoms with E-state index in [4.69, 9.17) is 0 Å². The predicted octanol–water partition coefficient (Wildman–Crippen LogP) is 4.60. The van der Waals surface area contributed by atoms with Gasteiger partial charge in [0.2, 0.25) is 0 Å². The summed E-state index contributed by atoms with van der Waals surface area (Å²) in [5, 5.41) is 0. The first-order valence-electron chi connectivity index (χ1n) is 6.97. The molecule has 2 rings (SSSR count). The number of benzene rings is 2. The fourth-order valence-corrected chi connectivity index (χ4v) is 2.17. The Morgan fingerprint density at radius 1 is 0.500 bits per heavy atom. The maximum absolute atomic E-state index is 2.26. The third-order valence-electron chi connectivity index (χ3n) is 3.56. The zero-order valence-corrected chi connectivity index (χ0v) is 11.4. The molecular formula is C18H22. The molecule has 0 fully saturated rings. The van der Waals surface area contributed by atoms with E-state index in [1.807, 2.05) is 0 Å². The predicted molar refractivity (Wildman–Crippen MR) is 79.0 cm³/mol. The highest BCUT2D eigenvalue weighted by atomic mass is 14.0. The lowest BCUT2D eigenvalue weighted by molar-refractivity contribution is 0.954. The van der Waals surface area contributed by atoms with E-state index < -0.39 is 0 Å². The average molecular weight is 238 g/mol. The molecule has 0 saturated heterocycles. The smallest absolute Gasteiger partial charge is 0.0238 e. The van der Waals surface area contributed by atoms with Crippen LogP contribution in [0.1, 0.15) is 36.1 Å². The molecule has 0 unspecified atom stereocenters. The van der Waals surface area contributed by atoms with E-state index in [0.29, 0.717) is 0 Å². The Bertz CT molecular complexity index is 415. The molecular weight excluding hydrogens is 216 g/mol. The molecule has 0 saturated carbocycles. The molecule has 0 aromatic heterocycles. The molecule has 0 radical (unpaired) electrons. The minimum absolute atomic E-state index is 1.12. The van der Waals surface area contributed by atoms with Gasteiger partial charge in [0.15, 0.2) is 0 Å². The number of aryl methyl sites for hydroxylation is 4. The lowest BCUT2D eigenvalue weighted by Gasteiger charge is -2.04. The summed E-state index contributed by atoms with van der Waals surface area (Å²) in [6, 6.07) is 18.0. The fraction of sp³-hybridized carbons (Fsp3) is 0.333. The largest absolute Gasteiger partial charge is 0.0613 e. The maximum atomic E-state index is 2.26. The normalized spacial score (nSPS) is 10.6. The van der Waals surface area contributed by atoms with Gasteiger partial charge in [-0.2, -0.15) is 0 Å². The van der Waals surface area contributed by atoms with E-state index in [0.717, 1.165) is 25.7 Å². The van der Waals surface area contributed by atoms with Crippen LogP contribution in [-0.2, 0) is 25.7 Å². The third kappa shape index (κ3) is 3.46. The first-order valence-corrected chi connectivity index (χ1v) is 6.97. The van der Waals surface area contributed by atoms with Crippen molar-refractivity contribution in [1.82, 2.24) is 0 Å². The van der Waals surface area contributed by atoms with Crippen LogP contribution in [0.25, 0.3) is 0 Å². The standard InChI is InChI=1S/C18H22/c1-3-15-5-9-17(10-6-15)13-14-18-11-7-16(4-2)8-12-18/h5-12H,3-4,13-14H2,1-2H3. The van der Waals surface area contributed by atoms with Crippen molar-refractivity contribution in [2.45, 2.75) is 39.5 Å². The molecule has 2 aromatic rings. The summed E-state index contributed by atoms with van der Waals surface area (Å²) in [4.78, 5) is 0. The van der Waals surface area contributed by atoms with E-state index in [1.165, 1.54) is 22.3 Å². The van der Waals surface area contributed by atoms with Gasteiger partial charge in [0, 0.05) is 0 Å². The molecule has 94 valence electrons. The fourth-order valence-electron chi connectivity index (χ4n) is 2.17. The van der Waals surface area contributed by atoms with Crippen molar-refractivity contribution < 1.29 is 0 Å². The summed E-state index contributed by atoms with van der Waals surface area (Å²) < 4.78 is 0. The van der Waals surface area contributed by atoms with Gasteiger partial charge in [-0.05, 0) is 47.9 Å². The van der Waals surface area contributed by atoms with Crippen LogP contribution >= 0.6 is 0 Å². The molecule has 0 atom stereocenters. The van der Waals surface area contributed by atoms with Gasteiger partial charge in [-0.1, -0.05) is 62.4 Å². The van der Waals surface area contributed by atoms with Crippen LogP contribution in [0.5, 0.6) is 0 Å². The molecule has 2 aromatic carbocycles. The van der Waals surface area contributed by atoms with Crippen LogP contribution in [0.2, 0.25) is 0 Å². The molecule has 0 aliphatic rings. The van der Waals surface area contributed by atoms with Crippen LogP contribution in [-0.4, -0.2) is 0 Å². The summed E-state index contributed by atoms with van der Waals surface area (Å²) in [6.45, 7) is 4.40. The molecule has 0 nitrogen and oxygen atoms in total. The zero-order valence-electron chi connectivity index (χ0n) is 11.4. The first kappa shape index (κ1) is 12.9. The summed E-state index contributed by atoms with van der Waals surface area (Å²) in [5.74, 6) is 0. The Kier molecular flexibility index (Phi) is 4.58. The lowest BCUT2D eigenvalue weighted by atomic mass is 10.0. The number of rotatable bonds is 5. The van der Waals surface area contributed by atoms with Crippen LogP contribution in [0.15, 0.2) is 48.5 Å². The Labute approximate surface area is 111 Å². The maximum Gasteiger partial charge on any atom is -0.0238 e. The number of hydrogen-bond donors (Lipinski definition) is 0. The van der Waals surface area contributed by atoms with Gasteiger partial charge in [-0.25, -0.2) is 0 Å². The van der Waals surface area contributed by atoms with Crippen molar-refractivity contribution in [3.8, 4) is 0 Å². The van der Waals surface area contributed by atoms with Crippen molar-refractivity contribution in [3.05, 3.63) is 70.8 Å². The minimum Gasteiger partial charge on any atom is -0.0613 e. The second kappa shape index (κ2) is 6.39. The second-order valence-electron chi connectivity index (χ2n) is 4.84. The highest BCUT2D eigenvalue weighted by Crippen LogP contribution is 2.11. The molecule has 0 heterocycles. The van der Waals surface area contributed by atoms with Gasteiger partial charge >= 0.3 is 0 Å². The molecule has 0 amide bonds. The van der Waals surface area contributed by atoms with Crippen molar-refractivity contribution in [1.29, 1.82) is 0 Å². The average Bonchev–Trinajstić information content (AvgIpc) is 2.46. The Morgan fingerprint density at radius 2 is 0.778 bits per heavy atom. The molecule has 0 heteroatoms. The quantitative estimate of drug-likeness (QED) is 0.714. The van der Waals surface area contributed by atoms with E-state index in [9.17, 15) is 0 Å². The summed E-state index contributed by atoms with van der Waals surface area (Å²) in [6.07, 6.45) is 4.52. The van der Waals surface area contributed by atoms with Gasteiger partial charge in [-0.3, -0.25) is 0 Å². The summed E-state index contributed by atoms with van der Waals surface area (Å²) in [7, 11) is 0. The van der Waals surface area contributed by atoms with Crippen molar-refractivity contribution >= 4 is 0 Å². The lowest BCUT2D eigenvalue weighted by Crippen LogP contribution is -1.92. The van der Waals surface area contributed by atoms with Crippen LogP contribution in [0.3, 0.4) is 0 Å². The van der Waals surface area contributed by atoms with Crippen molar-refractivity contribution in [3.63, 3.8) is 0 Å². The second-order valence-corrected chi connectivity index (χ2v) is 4.84. The Balaban J connectivity index is 1.93. The third-order valence-corrected chi connectivity index (χ3v) is 3.56. The van der Waals surface area contributed by atoms with E-state index in [1.54, 1.807) is 0 Å².